The second-order valence-corrected chi connectivity index (χ2v) is 6.49. The standard InChI is InChI=1S/C21H25FN2O4/c1-2-24(14-21(25)23-13-16-4-6-17(22)7-5-16)10-3-11-26-18-8-9-19-20(12-18)28-15-27-19/h4-9,12H,2-3,10-11,13-15H2,1H3,(H,23,25). The largest absolute Gasteiger partial charge is 0.493 e. The van der Waals surface area contributed by atoms with Crippen LogP contribution in [0.2, 0.25) is 0 Å². The number of likely N-dealkylation sites (N-methyl/N-ethyl adjacent to an activating group) is 1. The molecule has 2 aromatic carbocycles. The van der Waals surface area contributed by atoms with E-state index in [4.69, 9.17) is 14.2 Å². The first-order chi connectivity index (χ1) is 13.6. The van der Waals surface area contributed by atoms with Gasteiger partial charge >= 0.3 is 0 Å². The summed E-state index contributed by atoms with van der Waals surface area (Å²) in [4.78, 5) is 14.2. The molecule has 1 amide bonds. The number of ether oxygens (including phenoxy) is 3. The van der Waals surface area contributed by atoms with E-state index in [9.17, 15) is 9.18 Å². The predicted octanol–water partition coefficient (Wildman–Crippen LogP) is 2.96. The van der Waals surface area contributed by atoms with Crippen molar-refractivity contribution in [3.8, 4) is 17.2 Å². The molecule has 150 valence electrons. The molecule has 0 radical (unpaired) electrons. The van der Waals surface area contributed by atoms with Gasteiger partial charge in [-0.3, -0.25) is 9.69 Å². The molecule has 1 N–H and O–H groups in total. The molecule has 6 nitrogen and oxygen atoms in total. The van der Waals surface area contributed by atoms with Crippen LogP contribution in [0.4, 0.5) is 4.39 Å². The lowest BCUT2D eigenvalue weighted by Gasteiger charge is -2.20. The number of carbonyl (C=O) groups is 1. The number of hydrogen-bond acceptors (Lipinski definition) is 5. The molecule has 0 spiro atoms. The Morgan fingerprint density at radius 2 is 1.96 bits per heavy atom. The highest BCUT2D eigenvalue weighted by Crippen LogP contribution is 2.35. The average Bonchev–Trinajstić information content (AvgIpc) is 3.17. The molecule has 0 unspecified atom stereocenters. The molecule has 1 heterocycles. The number of carbonyl (C=O) groups excluding carboxylic acids is 1. The summed E-state index contributed by atoms with van der Waals surface area (Å²) in [7, 11) is 0. The predicted molar refractivity (Wildman–Crippen MR) is 103 cm³/mol. The van der Waals surface area contributed by atoms with Gasteiger partial charge in [-0.05, 0) is 42.8 Å². The molecule has 1 aliphatic rings. The molecule has 3 rings (SSSR count). The first kappa shape index (κ1) is 19.9. The van der Waals surface area contributed by atoms with E-state index in [2.05, 4.69) is 10.2 Å². The normalized spacial score (nSPS) is 12.2. The number of amides is 1. The molecular formula is C21H25FN2O4. The Morgan fingerprint density at radius 1 is 1.18 bits per heavy atom. The van der Waals surface area contributed by atoms with E-state index < -0.39 is 0 Å². The first-order valence-corrected chi connectivity index (χ1v) is 9.40. The SMILES string of the molecule is CCN(CCCOc1ccc2c(c1)OCO2)CC(=O)NCc1ccc(F)cc1. The van der Waals surface area contributed by atoms with Crippen molar-refractivity contribution in [1.82, 2.24) is 10.2 Å². The number of hydrogen-bond donors (Lipinski definition) is 1. The maximum absolute atomic E-state index is 12.9. The Bertz CT molecular complexity index is 782. The van der Waals surface area contributed by atoms with Crippen LogP contribution in [-0.2, 0) is 11.3 Å². The molecular weight excluding hydrogens is 363 g/mol. The van der Waals surface area contributed by atoms with Crippen LogP contribution in [0, 0.1) is 5.82 Å². The number of rotatable bonds is 10. The van der Waals surface area contributed by atoms with Gasteiger partial charge in [0.1, 0.15) is 11.6 Å². The summed E-state index contributed by atoms with van der Waals surface area (Å²) in [6, 6.07) is 11.6. The van der Waals surface area contributed by atoms with Crippen LogP contribution in [0.5, 0.6) is 17.2 Å². The molecule has 0 atom stereocenters. The van der Waals surface area contributed by atoms with Crippen LogP contribution >= 0.6 is 0 Å². The van der Waals surface area contributed by atoms with E-state index >= 15 is 0 Å². The summed E-state index contributed by atoms with van der Waals surface area (Å²) in [5.41, 5.74) is 0.870. The fourth-order valence-corrected chi connectivity index (χ4v) is 2.86. The van der Waals surface area contributed by atoms with Gasteiger partial charge in [0.05, 0.1) is 13.2 Å². The van der Waals surface area contributed by atoms with Gasteiger partial charge in [-0.15, -0.1) is 0 Å². The summed E-state index contributed by atoms with van der Waals surface area (Å²) in [5, 5.41) is 2.86. The summed E-state index contributed by atoms with van der Waals surface area (Å²) < 4.78 is 29.3. The highest BCUT2D eigenvalue weighted by atomic mass is 19.1. The van der Waals surface area contributed by atoms with Gasteiger partial charge in [0.2, 0.25) is 12.7 Å². The average molecular weight is 388 g/mol. The highest BCUT2D eigenvalue weighted by molar-refractivity contribution is 5.78. The summed E-state index contributed by atoms with van der Waals surface area (Å²) >= 11 is 0. The van der Waals surface area contributed by atoms with Crippen molar-refractivity contribution >= 4 is 5.91 Å². The van der Waals surface area contributed by atoms with Gasteiger partial charge in [0.15, 0.2) is 11.5 Å². The number of nitrogens with one attached hydrogen (secondary N) is 1. The molecule has 0 fully saturated rings. The highest BCUT2D eigenvalue weighted by Gasteiger charge is 2.14. The van der Waals surface area contributed by atoms with E-state index in [0.29, 0.717) is 25.4 Å². The zero-order valence-corrected chi connectivity index (χ0v) is 15.9. The number of fused-ring (bicyclic) bond motifs is 1. The zero-order valence-electron chi connectivity index (χ0n) is 15.9. The van der Waals surface area contributed by atoms with E-state index in [-0.39, 0.29) is 18.5 Å². The minimum atomic E-state index is -0.282. The molecule has 0 saturated carbocycles. The van der Waals surface area contributed by atoms with Crippen LogP contribution in [0.1, 0.15) is 18.9 Å². The lowest BCUT2D eigenvalue weighted by atomic mass is 10.2. The lowest BCUT2D eigenvalue weighted by Crippen LogP contribution is -2.37. The second-order valence-electron chi connectivity index (χ2n) is 6.49. The van der Waals surface area contributed by atoms with Crippen LogP contribution in [0.3, 0.4) is 0 Å². The Morgan fingerprint density at radius 3 is 2.75 bits per heavy atom. The van der Waals surface area contributed by atoms with Crippen LogP contribution < -0.4 is 19.5 Å². The van der Waals surface area contributed by atoms with Crippen molar-refractivity contribution in [2.45, 2.75) is 19.9 Å². The van der Waals surface area contributed by atoms with E-state index in [1.165, 1.54) is 12.1 Å². The molecule has 7 heteroatoms. The third kappa shape index (κ3) is 5.85. The van der Waals surface area contributed by atoms with Gasteiger partial charge in [-0.2, -0.15) is 0 Å². The Labute approximate surface area is 164 Å². The van der Waals surface area contributed by atoms with Crippen LogP contribution in [0.25, 0.3) is 0 Å². The number of halogens is 1. The van der Waals surface area contributed by atoms with Crippen LogP contribution in [0.15, 0.2) is 42.5 Å². The summed E-state index contributed by atoms with van der Waals surface area (Å²) in [6.45, 7) is 5.05. The molecule has 0 aliphatic carbocycles. The Kier molecular flexibility index (Phi) is 7.08. The summed E-state index contributed by atoms with van der Waals surface area (Å²) in [6.07, 6.45) is 0.799. The fourth-order valence-electron chi connectivity index (χ4n) is 2.86. The Balaban J connectivity index is 1.34. The lowest BCUT2D eigenvalue weighted by molar-refractivity contribution is -0.122. The fraction of sp³-hybridized carbons (Fsp3) is 0.381. The molecule has 0 aromatic heterocycles. The third-order valence-corrected chi connectivity index (χ3v) is 4.45. The van der Waals surface area contributed by atoms with Gasteiger partial charge in [-0.25, -0.2) is 4.39 Å². The first-order valence-electron chi connectivity index (χ1n) is 9.40. The monoisotopic (exact) mass is 388 g/mol. The Hall–Kier alpha value is -2.80. The van der Waals surface area contributed by atoms with Crippen molar-refractivity contribution < 1.29 is 23.4 Å². The number of nitrogens with zero attached hydrogens (tertiary/aromatic N) is 1. The maximum atomic E-state index is 12.9. The maximum Gasteiger partial charge on any atom is 0.234 e. The molecule has 2 aromatic rings. The zero-order chi connectivity index (χ0) is 19.8. The summed E-state index contributed by atoms with van der Waals surface area (Å²) in [5.74, 6) is 1.84. The van der Waals surface area contributed by atoms with E-state index in [1.54, 1.807) is 12.1 Å². The van der Waals surface area contributed by atoms with E-state index in [0.717, 1.165) is 36.6 Å². The smallest absolute Gasteiger partial charge is 0.234 e. The van der Waals surface area contributed by atoms with Crippen molar-refractivity contribution in [2.75, 3.05) is 33.0 Å². The van der Waals surface area contributed by atoms with E-state index in [1.807, 2.05) is 25.1 Å². The van der Waals surface area contributed by atoms with Gasteiger partial charge in [0.25, 0.3) is 0 Å². The van der Waals surface area contributed by atoms with Gasteiger partial charge in [-0.1, -0.05) is 19.1 Å². The third-order valence-electron chi connectivity index (χ3n) is 4.45. The quantitative estimate of drug-likeness (QED) is 0.634. The van der Waals surface area contributed by atoms with Crippen molar-refractivity contribution in [1.29, 1.82) is 0 Å². The van der Waals surface area contributed by atoms with Crippen molar-refractivity contribution in [3.63, 3.8) is 0 Å². The minimum Gasteiger partial charge on any atom is -0.493 e. The van der Waals surface area contributed by atoms with Gasteiger partial charge < -0.3 is 19.5 Å². The topological polar surface area (TPSA) is 60.0 Å². The van der Waals surface area contributed by atoms with Crippen molar-refractivity contribution in [3.05, 3.63) is 53.8 Å². The van der Waals surface area contributed by atoms with Gasteiger partial charge in [0, 0.05) is 19.2 Å². The number of benzene rings is 2. The second kappa shape index (κ2) is 9.94. The molecule has 0 bridgehead atoms. The minimum absolute atomic E-state index is 0.0529. The van der Waals surface area contributed by atoms with Crippen molar-refractivity contribution in [2.24, 2.45) is 0 Å². The molecule has 0 saturated heterocycles. The molecule has 1 aliphatic heterocycles. The van der Waals surface area contributed by atoms with Crippen LogP contribution in [-0.4, -0.2) is 43.8 Å². The molecule has 28 heavy (non-hydrogen) atoms.